The molecule has 1 amide bonds. The number of hydrogen-bond donors (Lipinski definition) is 3. The van der Waals surface area contributed by atoms with E-state index in [1.807, 2.05) is 30.3 Å². The largest absolute Gasteiger partial charge is 0.382 e. The number of fused-ring (bicyclic) bond motifs is 1. The molecule has 0 saturated heterocycles. The lowest BCUT2D eigenvalue weighted by molar-refractivity contribution is 0.0951. The number of aromatic amines is 1. The number of carbonyl (C=O) groups is 1. The van der Waals surface area contributed by atoms with Crippen LogP contribution in [0.1, 0.15) is 21.6 Å². The van der Waals surface area contributed by atoms with Crippen molar-refractivity contribution in [3.8, 4) is 0 Å². The summed E-state index contributed by atoms with van der Waals surface area (Å²) in [5, 5.41) is 11.7. The van der Waals surface area contributed by atoms with Crippen LogP contribution in [0.15, 0.2) is 42.5 Å². The molecule has 1 aromatic heterocycles. The second-order valence-corrected chi connectivity index (χ2v) is 4.93. The summed E-state index contributed by atoms with van der Waals surface area (Å²) in [6, 6.07) is 14.1. The summed E-state index contributed by atoms with van der Waals surface area (Å²) in [6.45, 7) is 2.22. The molecule has 21 heavy (non-hydrogen) atoms. The molecule has 0 spiro atoms. The minimum Gasteiger partial charge on any atom is -0.382 e. The maximum atomic E-state index is 12.2. The van der Waals surface area contributed by atoms with E-state index in [0.29, 0.717) is 17.8 Å². The number of nitrogens with zero attached hydrogens (tertiary/aromatic N) is 1. The fraction of sp³-hybridized carbons (Fsp3) is 0.125. The molecule has 1 heterocycles. The molecule has 3 rings (SSSR count). The number of H-pyrrole nitrogens is 1. The van der Waals surface area contributed by atoms with Crippen molar-refractivity contribution in [2.24, 2.45) is 0 Å². The van der Waals surface area contributed by atoms with Crippen LogP contribution in [0.5, 0.6) is 0 Å². The topological polar surface area (TPSA) is 83.8 Å². The Kier molecular flexibility index (Phi) is 3.31. The first-order valence-corrected chi connectivity index (χ1v) is 6.72. The summed E-state index contributed by atoms with van der Waals surface area (Å²) in [6.07, 6.45) is 0. The van der Waals surface area contributed by atoms with E-state index in [0.717, 1.165) is 16.3 Å². The number of nitrogen functional groups attached to an aromatic ring is 1. The summed E-state index contributed by atoms with van der Waals surface area (Å²) in [5.41, 5.74) is 7.85. The lowest BCUT2D eigenvalue weighted by Crippen LogP contribution is -2.24. The van der Waals surface area contributed by atoms with Gasteiger partial charge in [-0.1, -0.05) is 42.5 Å². The Morgan fingerprint density at radius 1 is 1.24 bits per heavy atom. The summed E-state index contributed by atoms with van der Waals surface area (Å²) in [4.78, 5) is 12.2. The van der Waals surface area contributed by atoms with E-state index in [-0.39, 0.29) is 11.7 Å². The Hall–Kier alpha value is -2.82. The second-order valence-electron chi connectivity index (χ2n) is 4.93. The van der Waals surface area contributed by atoms with Crippen molar-refractivity contribution >= 4 is 22.5 Å². The minimum atomic E-state index is -0.216. The van der Waals surface area contributed by atoms with Gasteiger partial charge in [0.1, 0.15) is 5.56 Å². The van der Waals surface area contributed by atoms with Crippen LogP contribution in [0.4, 0.5) is 5.82 Å². The van der Waals surface area contributed by atoms with Gasteiger partial charge in [0.15, 0.2) is 5.82 Å². The summed E-state index contributed by atoms with van der Waals surface area (Å²) in [7, 11) is 0. The fourth-order valence-corrected chi connectivity index (χ4v) is 2.45. The Labute approximate surface area is 122 Å². The first-order valence-electron chi connectivity index (χ1n) is 6.72. The zero-order valence-electron chi connectivity index (χ0n) is 11.7. The molecule has 5 nitrogen and oxygen atoms in total. The highest BCUT2D eigenvalue weighted by atomic mass is 16.1. The smallest absolute Gasteiger partial charge is 0.257 e. The van der Waals surface area contributed by atoms with Gasteiger partial charge >= 0.3 is 0 Å². The lowest BCUT2D eigenvalue weighted by Gasteiger charge is -2.08. The monoisotopic (exact) mass is 280 g/mol. The van der Waals surface area contributed by atoms with Crippen LogP contribution in [0.2, 0.25) is 0 Å². The standard InChI is InChI=1S/C16H16N4O/c1-10-14(15(17)20-19-10)16(21)18-9-12-7-4-6-11-5-2-3-8-13(11)12/h2-8H,9H2,1H3,(H,18,21)(H3,17,19,20). The number of nitrogens with one attached hydrogen (secondary N) is 2. The van der Waals surface area contributed by atoms with Gasteiger partial charge in [-0.2, -0.15) is 5.10 Å². The normalized spacial score (nSPS) is 10.7. The molecule has 106 valence electrons. The van der Waals surface area contributed by atoms with Gasteiger partial charge in [-0.15, -0.1) is 0 Å². The van der Waals surface area contributed by atoms with E-state index in [2.05, 4.69) is 27.6 Å². The van der Waals surface area contributed by atoms with E-state index >= 15 is 0 Å². The highest BCUT2D eigenvalue weighted by Gasteiger charge is 2.15. The van der Waals surface area contributed by atoms with Crippen molar-refractivity contribution in [2.45, 2.75) is 13.5 Å². The van der Waals surface area contributed by atoms with E-state index in [1.54, 1.807) is 6.92 Å². The number of aryl methyl sites for hydroxylation is 1. The van der Waals surface area contributed by atoms with Crippen molar-refractivity contribution in [2.75, 3.05) is 5.73 Å². The number of amides is 1. The average molecular weight is 280 g/mol. The van der Waals surface area contributed by atoms with Crippen molar-refractivity contribution in [3.05, 3.63) is 59.3 Å². The van der Waals surface area contributed by atoms with Crippen LogP contribution >= 0.6 is 0 Å². The Bertz CT molecular complexity index is 782. The molecule has 0 fully saturated rings. The third-order valence-electron chi connectivity index (χ3n) is 3.52. The number of carbonyl (C=O) groups excluding carboxylic acids is 1. The molecule has 0 saturated carbocycles. The van der Waals surface area contributed by atoms with Gasteiger partial charge in [0.2, 0.25) is 0 Å². The maximum absolute atomic E-state index is 12.2. The van der Waals surface area contributed by atoms with Gasteiger partial charge in [-0.05, 0) is 23.3 Å². The highest BCUT2D eigenvalue weighted by molar-refractivity contribution is 5.99. The predicted molar refractivity (Wildman–Crippen MR) is 82.9 cm³/mol. The van der Waals surface area contributed by atoms with Gasteiger partial charge < -0.3 is 11.1 Å². The van der Waals surface area contributed by atoms with Crippen molar-refractivity contribution < 1.29 is 4.79 Å². The third-order valence-corrected chi connectivity index (χ3v) is 3.52. The zero-order chi connectivity index (χ0) is 14.8. The molecular weight excluding hydrogens is 264 g/mol. The van der Waals surface area contributed by atoms with Crippen LogP contribution in [0.25, 0.3) is 10.8 Å². The van der Waals surface area contributed by atoms with Crippen LogP contribution < -0.4 is 11.1 Å². The molecular formula is C16H16N4O. The maximum Gasteiger partial charge on any atom is 0.257 e. The van der Waals surface area contributed by atoms with E-state index < -0.39 is 0 Å². The molecule has 2 aromatic carbocycles. The first-order chi connectivity index (χ1) is 10.2. The second kappa shape index (κ2) is 5.28. The van der Waals surface area contributed by atoms with Gasteiger partial charge in [-0.25, -0.2) is 0 Å². The summed E-state index contributed by atoms with van der Waals surface area (Å²) >= 11 is 0. The molecule has 0 aliphatic rings. The van der Waals surface area contributed by atoms with E-state index in [4.69, 9.17) is 5.73 Å². The molecule has 0 unspecified atom stereocenters. The minimum absolute atomic E-state index is 0.216. The van der Waals surface area contributed by atoms with Gasteiger partial charge in [0.05, 0.1) is 0 Å². The summed E-state index contributed by atoms with van der Waals surface area (Å²) < 4.78 is 0. The highest BCUT2D eigenvalue weighted by Crippen LogP contribution is 2.19. The molecule has 0 bridgehead atoms. The quantitative estimate of drug-likeness (QED) is 0.688. The molecule has 0 radical (unpaired) electrons. The molecule has 4 N–H and O–H groups in total. The van der Waals surface area contributed by atoms with Gasteiger partial charge in [0.25, 0.3) is 5.91 Å². The Morgan fingerprint density at radius 3 is 2.76 bits per heavy atom. The lowest BCUT2D eigenvalue weighted by atomic mass is 10.0. The SMILES string of the molecule is Cc1[nH]nc(N)c1C(=O)NCc1cccc2ccccc12. The molecule has 5 heteroatoms. The Balaban J connectivity index is 1.83. The van der Waals surface area contributed by atoms with Crippen LogP contribution in [0, 0.1) is 6.92 Å². The van der Waals surface area contributed by atoms with Crippen LogP contribution in [-0.2, 0) is 6.54 Å². The first kappa shape index (κ1) is 13.2. The van der Waals surface area contributed by atoms with Crippen LogP contribution in [0.3, 0.4) is 0 Å². The van der Waals surface area contributed by atoms with Crippen molar-refractivity contribution in [3.63, 3.8) is 0 Å². The van der Waals surface area contributed by atoms with Gasteiger partial charge in [0, 0.05) is 12.2 Å². The molecule has 3 aromatic rings. The number of hydrogen-bond acceptors (Lipinski definition) is 3. The number of benzene rings is 2. The molecule has 0 aliphatic heterocycles. The number of rotatable bonds is 3. The van der Waals surface area contributed by atoms with E-state index in [1.165, 1.54) is 0 Å². The predicted octanol–water partition coefficient (Wildman–Crippen LogP) is 2.38. The average Bonchev–Trinajstić information content (AvgIpc) is 2.84. The van der Waals surface area contributed by atoms with Crippen molar-refractivity contribution in [1.82, 2.24) is 15.5 Å². The van der Waals surface area contributed by atoms with E-state index in [9.17, 15) is 4.79 Å². The molecule has 0 atom stereocenters. The fourth-order valence-electron chi connectivity index (χ4n) is 2.45. The number of nitrogens with two attached hydrogens (primary N) is 1. The Morgan fingerprint density at radius 2 is 2.00 bits per heavy atom. The summed E-state index contributed by atoms with van der Waals surface area (Å²) in [5.74, 6) is 0.00889. The van der Waals surface area contributed by atoms with Crippen molar-refractivity contribution in [1.29, 1.82) is 0 Å². The van der Waals surface area contributed by atoms with Gasteiger partial charge in [-0.3, -0.25) is 9.89 Å². The number of anilines is 1. The van der Waals surface area contributed by atoms with Crippen LogP contribution in [-0.4, -0.2) is 16.1 Å². The third kappa shape index (κ3) is 2.45. The molecule has 0 aliphatic carbocycles. The zero-order valence-corrected chi connectivity index (χ0v) is 11.7. The number of aromatic nitrogens is 2.